The molecule has 0 aliphatic carbocycles. The number of aryl methyl sites for hydroxylation is 2. The summed E-state index contributed by atoms with van der Waals surface area (Å²) in [6.45, 7) is 1.89. The first kappa shape index (κ1) is 22.3. The highest BCUT2D eigenvalue weighted by atomic mass is 32.2. The third kappa shape index (κ3) is 4.10. The Morgan fingerprint density at radius 1 is 1.34 bits per heavy atom. The van der Waals surface area contributed by atoms with Crippen LogP contribution in [0.3, 0.4) is 0 Å². The molecule has 2 amide bonds. The van der Waals surface area contributed by atoms with E-state index in [4.69, 9.17) is 0 Å². The standard InChI is InChI=1S/C19H20N6O5S2/c1-9-3-5-10(6-4-9)14(26)15(27)20-12-16(28)25-13(18(29)30)11(7-31-17(12)25)8-32-19-21-22-23-24(19)2/h3-6,12,14,17,26H,7-8H2,1-2H3,(H,20,27)(H,29,30)/t12-,14-,17-/m1/s1. The molecule has 2 aliphatic heterocycles. The quantitative estimate of drug-likeness (QED) is 0.370. The zero-order chi connectivity index (χ0) is 23.0. The third-order valence-corrected chi connectivity index (χ3v) is 7.58. The number of hydrogen-bond donors (Lipinski definition) is 3. The summed E-state index contributed by atoms with van der Waals surface area (Å²) in [5, 5.41) is 33.8. The van der Waals surface area contributed by atoms with Crippen molar-refractivity contribution in [3.05, 3.63) is 46.7 Å². The first-order chi connectivity index (χ1) is 15.3. The maximum Gasteiger partial charge on any atom is 0.352 e. The number of hydrogen-bond acceptors (Lipinski definition) is 9. The van der Waals surface area contributed by atoms with E-state index in [0.29, 0.717) is 27.8 Å². The largest absolute Gasteiger partial charge is 0.477 e. The van der Waals surface area contributed by atoms with Gasteiger partial charge in [0.1, 0.15) is 17.1 Å². The number of rotatable bonds is 7. The minimum atomic E-state index is -1.42. The molecule has 1 saturated heterocycles. The molecule has 32 heavy (non-hydrogen) atoms. The zero-order valence-corrected chi connectivity index (χ0v) is 18.8. The fraction of sp³-hybridized carbons (Fsp3) is 0.368. The lowest BCUT2D eigenvalue weighted by Gasteiger charge is -2.49. The van der Waals surface area contributed by atoms with Crippen LogP contribution < -0.4 is 5.32 Å². The molecule has 0 spiro atoms. The average molecular weight is 477 g/mol. The van der Waals surface area contributed by atoms with Crippen LogP contribution in [0.1, 0.15) is 17.2 Å². The van der Waals surface area contributed by atoms with Crippen LogP contribution >= 0.6 is 23.5 Å². The Morgan fingerprint density at radius 2 is 2.06 bits per heavy atom. The molecule has 0 unspecified atom stereocenters. The van der Waals surface area contributed by atoms with Gasteiger partial charge in [-0.3, -0.25) is 14.5 Å². The number of carbonyl (C=O) groups is 3. The second-order valence-electron chi connectivity index (χ2n) is 7.34. The number of nitrogens with one attached hydrogen (secondary N) is 1. The second-order valence-corrected chi connectivity index (χ2v) is 9.39. The molecular formula is C19H20N6O5S2. The van der Waals surface area contributed by atoms with Crippen molar-refractivity contribution >= 4 is 41.3 Å². The molecule has 2 aliphatic rings. The first-order valence-electron chi connectivity index (χ1n) is 9.58. The fourth-order valence-corrected chi connectivity index (χ4v) is 5.76. The molecule has 168 valence electrons. The maximum absolute atomic E-state index is 12.8. The van der Waals surface area contributed by atoms with E-state index in [1.54, 1.807) is 31.3 Å². The van der Waals surface area contributed by atoms with Crippen LogP contribution in [-0.4, -0.2) is 76.0 Å². The fourth-order valence-electron chi connectivity index (χ4n) is 3.42. The molecule has 1 aromatic carbocycles. The SMILES string of the molecule is Cc1ccc([C@@H](O)C(=O)N[C@@H]2C(=O)N3C(C(=O)O)=C(CSc4nnnn4C)CS[C@H]23)cc1. The predicted octanol–water partition coefficient (Wildman–Crippen LogP) is 0.0828. The molecule has 0 saturated carbocycles. The van der Waals surface area contributed by atoms with Crippen LogP contribution in [0.5, 0.6) is 0 Å². The summed E-state index contributed by atoms with van der Waals surface area (Å²) in [5.74, 6) is -1.75. The van der Waals surface area contributed by atoms with E-state index in [0.717, 1.165) is 5.56 Å². The molecule has 1 aromatic heterocycles. The van der Waals surface area contributed by atoms with Crippen LogP contribution in [0.2, 0.25) is 0 Å². The smallest absolute Gasteiger partial charge is 0.352 e. The van der Waals surface area contributed by atoms with Crippen LogP contribution in [0, 0.1) is 6.92 Å². The molecule has 3 heterocycles. The minimum absolute atomic E-state index is 0.0778. The van der Waals surface area contributed by atoms with Gasteiger partial charge in [0.15, 0.2) is 6.10 Å². The van der Waals surface area contributed by atoms with Gasteiger partial charge in [0.05, 0.1) is 0 Å². The highest BCUT2D eigenvalue weighted by Crippen LogP contribution is 2.41. The van der Waals surface area contributed by atoms with E-state index in [1.807, 2.05) is 6.92 Å². The van der Waals surface area contributed by atoms with Gasteiger partial charge in [0.25, 0.3) is 11.8 Å². The summed E-state index contributed by atoms with van der Waals surface area (Å²) in [6, 6.07) is 5.94. The molecule has 0 radical (unpaired) electrons. The molecule has 3 N–H and O–H groups in total. The first-order valence-corrected chi connectivity index (χ1v) is 11.6. The molecular weight excluding hydrogens is 456 g/mol. The number of fused-ring (bicyclic) bond motifs is 1. The number of thioether (sulfide) groups is 2. The number of carboxylic acid groups (broad SMARTS) is 1. The normalized spacial score (nSPS) is 21.1. The molecule has 4 rings (SSSR count). The van der Waals surface area contributed by atoms with Gasteiger partial charge in [-0.2, -0.15) is 0 Å². The van der Waals surface area contributed by atoms with E-state index in [-0.39, 0.29) is 5.70 Å². The Bertz CT molecular complexity index is 1100. The van der Waals surface area contributed by atoms with Crippen molar-refractivity contribution in [1.29, 1.82) is 0 Å². The van der Waals surface area contributed by atoms with Crippen LogP contribution in [0.4, 0.5) is 0 Å². The number of β-lactam (4-membered cyclic amide) rings is 1. The summed E-state index contributed by atoms with van der Waals surface area (Å²) in [7, 11) is 1.68. The van der Waals surface area contributed by atoms with Gasteiger partial charge in [0, 0.05) is 18.6 Å². The van der Waals surface area contributed by atoms with Gasteiger partial charge in [-0.25, -0.2) is 9.48 Å². The number of aliphatic hydroxyl groups excluding tert-OH is 1. The van der Waals surface area contributed by atoms with Crippen molar-refractivity contribution < 1.29 is 24.6 Å². The molecule has 0 bridgehead atoms. The molecule has 13 heteroatoms. The van der Waals surface area contributed by atoms with Crippen molar-refractivity contribution in [1.82, 2.24) is 30.4 Å². The number of amides is 2. The number of benzene rings is 1. The van der Waals surface area contributed by atoms with Crippen molar-refractivity contribution in [3.8, 4) is 0 Å². The van der Waals surface area contributed by atoms with E-state index in [9.17, 15) is 24.6 Å². The number of carbonyl (C=O) groups excluding carboxylic acids is 2. The highest BCUT2D eigenvalue weighted by molar-refractivity contribution is 8.01. The number of aliphatic carboxylic acids is 1. The Labute approximate surface area is 191 Å². The summed E-state index contributed by atoms with van der Waals surface area (Å²) in [4.78, 5) is 38.4. The second kappa shape index (κ2) is 8.92. The summed E-state index contributed by atoms with van der Waals surface area (Å²) < 4.78 is 1.48. The molecule has 11 nitrogen and oxygen atoms in total. The van der Waals surface area contributed by atoms with Gasteiger partial charge >= 0.3 is 5.97 Å². The topological polar surface area (TPSA) is 151 Å². The zero-order valence-electron chi connectivity index (χ0n) is 17.1. The van der Waals surface area contributed by atoms with Crippen LogP contribution in [0.25, 0.3) is 0 Å². The maximum atomic E-state index is 12.8. The van der Waals surface area contributed by atoms with Gasteiger partial charge in [0.2, 0.25) is 5.16 Å². The Hall–Kier alpha value is -2.90. The van der Waals surface area contributed by atoms with Gasteiger partial charge in [-0.05, 0) is 28.5 Å². The van der Waals surface area contributed by atoms with Crippen molar-refractivity contribution in [3.63, 3.8) is 0 Å². The molecule has 3 atom stereocenters. The Morgan fingerprint density at radius 3 is 2.69 bits per heavy atom. The summed E-state index contributed by atoms with van der Waals surface area (Å²) >= 11 is 2.64. The van der Waals surface area contributed by atoms with E-state index < -0.39 is 35.3 Å². The van der Waals surface area contributed by atoms with E-state index >= 15 is 0 Å². The minimum Gasteiger partial charge on any atom is -0.477 e. The number of nitrogens with zero attached hydrogens (tertiary/aromatic N) is 5. The van der Waals surface area contributed by atoms with Gasteiger partial charge in [-0.15, -0.1) is 16.9 Å². The van der Waals surface area contributed by atoms with E-state index in [2.05, 4.69) is 20.8 Å². The summed E-state index contributed by atoms with van der Waals surface area (Å²) in [6.07, 6.45) is -1.42. The lowest BCUT2D eigenvalue weighted by atomic mass is 10.0. The third-order valence-electron chi connectivity index (χ3n) is 5.15. The summed E-state index contributed by atoms with van der Waals surface area (Å²) in [5.41, 5.74) is 1.90. The highest BCUT2D eigenvalue weighted by Gasteiger charge is 2.54. The number of aliphatic hydroxyl groups is 1. The lowest BCUT2D eigenvalue weighted by Crippen LogP contribution is -2.70. The molecule has 1 fully saturated rings. The van der Waals surface area contributed by atoms with Crippen molar-refractivity contribution in [2.45, 2.75) is 29.6 Å². The van der Waals surface area contributed by atoms with Crippen molar-refractivity contribution in [2.24, 2.45) is 7.05 Å². The predicted molar refractivity (Wildman–Crippen MR) is 115 cm³/mol. The number of carboxylic acids is 1. The van der Waals surface area contributed by atoms with Crippen LogP contribution in [-0.2, 0) is 21.4 Å². The van der Waals surface area contributed by atoms with Crippen LogP contribution in [0.15, 0.2) is 40.7 Å². The Kier molecular flexibility index (Phi) is 6.22. The number of tetrazole rings is 1. The molecule has 2 aromatic rings. The monoisotopic (exact) mass is 476 g/mol. The lowest BCUT2D eigenvalue weighted by molar-refractivity contribution is -0.151. The van der Waals surface area contributed by atoms with Gasteiger partial charge in [-0.1, -0.05) is 41.6 Å². The van der Waals surface area contributed by atoms with Crippen molar-refractivity contribution in [2.75, 3.05) is 11.5 Å². The van der Waals surface area contributed by atoms with E-state index in [1.165, 1.54) is 33.1 Å². The Balaban J connectivity index is 1.45. The van der Waals surface area contributed by atoms with Gasteiger partial charge < -0.3 is 15.5 Å². The number of aromatic nitrogens is 4. The average Bonchev–Trinajstić information content (AvgIpc) is 3.19.